The number of hydrogen-bond donors (Lipinski definition) is 1. The molecule has 0 spiro atoms. The Balaban J connectivity index is 1.30. The topological polar surface area (TPSA) is 47.6 Å². The second-order valence-corrected chi connectivity index (χ2v) is 9.94. The first kappa shape index (κ1) is 15.1. The van der Waals surface area contributed by atoms with Crippen molar-refractivity contribution in [3.05, 3.63) is 23.8 Å². The SMILES string of the molecule is O=C(NCc1ccc2c(c1)OCO2)C12CC3CC(CC(Br)(C3)C1)C2. The van der Waals surface area contributed by atoms with Gasteiger partial charge in [-0.3, -0.25) is 4.79 Å². The third-order valence-electron chi connectivity index (χ3n) is 6.36. The molecule has 5 aliphatic rings. The van der Waals surface area contributed by atoms with E-state index in [1.807, 2.05) is 18.2 Å². The molecule has 0 aromatic heterocycles. The van der Waals surface area contributed by atoms with E-state index in [4.69, 9.17) is 9.47 Å². The molecule has 4 bridgehead atoms. The van der Waals surface area contributed by atoms with Crippen LogP contribution in [0.25, 0.3) is 0 Å². The van der Waals surface area contributed by atoms with Crippen molar-refractivity contribution in [3.63, 3.8) is 0 Å². The standard InChI is InChI=1S/C19H22BrNO3/c20-19-7-13-3-14(8-19)6-18(5-13,10-19)17(22)21-9-12-1-2-15-16(4-12)24-11-23-15/h1-2,4,13-14H,3,5-11H2,(H,21,22). The molecule has 1 aromatic carbocycles. The second kappa shape index (κ2) is 5.13. The molecule has 128 valence electrons. The molecule has 6 rings (SSSR count). The highest BCUT2D eigenvalue weighted by Gasteiger charge is 2.59. The predicted molar refractivity (Wildman–Crippen MR) is 93.2 cm³/mol. The van der Waals surface area contributed by atoms with Gasteiger partial charge in [0.25, 0.3) is 0 Å². The fraction of sp³-hybridized carbons (Fsp3) is 0.632. The smallest absolute Gasteiger partial charge is 0.231 e. The predicted octanol–water partition coefficient (Wildman–Crippen LogP) is 3.77. The molecule has 0 radical (unpaired) electrons. The molecule has 0 saturated heterocycles. The Labute approximate surface area is 150 Å². The zero-order valence-corrected chi connectivity index (χ0v) is 15.2. The molecule has 1 amide bonds. The maximum atomic E-state index is 13.1. The summed E-state index contributed by atoms with van der Waals surface area (Å²) < 4.78 is 11.0. The fourth-order valence-electron chi connectivity index (χ4n) is 5.84. The fourth-order valence-corrected chi connectivity index (χ4v) is 7.29. The van der Waals surface area contributed by atoms with Gasteiger partial charge in [-0.15, -0.1) is 0 Å². The summed E-state index contributed by atoms with van der Waals surface area (Å²) in [5.74, 6) is 3.25. The quantitative estimate of drug-likeness (QED) is 0.797. The molecule has 1 aliphatic heterocycles. The molecule has 4 aliphatic carbocycles. The van der Waals surface area contributed by atoms with Gasteiger partial charge in [0.05, 0.1) is 5.41 Å². The van der Waals surface area contributed by atoms with E-state index in [0.717, 1.165) is 48.2 Å². The van der Waals surface area contributed by atoms with E-state index in [1.165, 1.54) is 19.3 Å². The average Bonchev–Trinajstić information content (AvgIpc) is 2.97. The average molecular weight is 392 g/mol. The summed E-state index contributed by atoms with van der Waals surface area (Å²) in [4.78, 5) is 13.1. The van der Waals surface area contributed by atoms with E-state index < -0.39 is 0 Å². The molecule has 1 N–H and O–H groups in total. The van der Waals surface area contributed by atoms with Gasteiger partial charge >= 0.3 is 0 Å². The third kappa shape index (κ3) is 2.35. The van der Waals surface area contributed by atoms with Crippen molar-refractivity contribution in [3.8, 4) is 11.5 Å². The van der Waals surface area contributed by atoms with Gasteiger partial charge in [-0.2, -0.15) is 0 Å². The highest BCUT2D eigenvalue weighted by molar-refractivity contribution is 9.10. The lowest BCUT2D eigenvalue weighted by molar-refractivity contribution is -0.144. The summed E-state index contributed by atoms with van der Waals surface area (Å²) in [5, 5.41) is 3.21. The van der Waals surface area contributed by atoms with Crippen LogP contribution in [0.15, 0.2) is 18.2 Å². The van der Waals surface area contributed by atoms with Crippen molar-refractivity contribution >= 4 is 21.8 Å². The highest BCUT2D eigenvalue weighted by Crippen LogP contribution is 2.64. The van der Waals surface area contributed by atoms with E-state index in [1.54, 1.807) is 0 Å². The zero-order valence-electron chi connectivity index (χ0n) is 13.6. The molecule has 1 heterocycles. The molecule has 5 heteroatoms. The Hall–Kier alpha value is -1.23. The minimum absolute atomic E-state index is 0.149. The van der Waals surface area contributed by atoms with Crippen LogP contribution in [0.4, 0.5) is 0 Å². The van der Waals surface area contributed by atoms with Crippen molar-refractivity contribution in [2.45, 2.75) is 49.4 Å². The number of benzene rings is 1. The molecule has 1 aromatic rings. The summed E-state index contributed by atoms with van der Waals surface area (Å²) in [6, 6.07) is 5.88. The monoisotopic (exact) mass is 391 g/mol. The third-order valence-corrected chi connectivity index (χ3v) is 7.29. The number of hydrogen-bond acceptors (Lipinski definition) is 3. The van der Waals surface area contributed by atoms with Gasteiger partial charge in [-0.1, -0.05) is 22.0 Å². The minimum Gasteiger partial charge on any atom is -0.454 e. The summed E-state index contributed by atoms with van der Waals surface area (Å²) in [5.41, 5.74) is 0.912. The van der Waals surface area contributed by atoms with Gasteiger partial charge in [-0.05, 0) is 68.1 Å². The molecule has 4 nitrogen and oxygen atoms in total. The lowest BCUT2D eigenvalue weighted by Gasteiger charge is -2.59. The molecule has 24 heavy (non-hydrogen) atoms. The van der Waals surface area contributed by atoms with E-state index >= 15 is 0 Å². The van der Waals surface area contributed by atoms with Gasteiger partial charge in [0, 0.05) is 10.9 Å². The van der Waals surface area contributed by atoms with Crippen LogP contribution in [0.3, 0.4) is 0 Å². The zero-order chi connectivity index (χ0) is 16.4. The number of carbonyl (C=O) groups is 1. The van der Waals surface area contributed by atoms with Gasteiger partial charge in [0.15, 0.2) is 11.5 Å². The van der Waals surface area contributed by atoms with Gasteiger partial charge in [-0.25, -0.2) is 0 Å². The maximum Gasteiger partial charge on any atom is 0.231 e. The maximum absolute atomic E-state index is 13.1. The first-order valence-corrected chi connectivity index (χ1v) is 9.69. The first-order chi connectivity index (χ1) is 11.5. The first-order valence-electron chi connectivity index (χ1n) is 8.89. The van der Waals surface area contributed by atoms with Crippen molar-refractivity contribution in [2.24, 2.45) is 17.3 Å². The number of ether oxygens (including phenoxy) is 2. The van der Waals surface area contributed by atoms with Crippen LogP contribution in [0.2, 0.25) is 0 Å². The highest BCUT2D eigenvalue weighted by atomic mass is 79.9. The number of nitrogens with one attached hydrogen (secondary N) is 1. The Bertz CT molecular complexity index is 690. The van der Waals surface area contributed by atoms with Crippen LogP contribution in [-0.2, 0) is 11.3 Å². The van der Waals surface area contributed by atoms with Crippen molar-refractivity contribution in [1.29, 1.82) is 0 Å². The minimum atomic E-state index is -0.149. The summed E-state index contributed by atoms with van der Waals surface area (Å²) in [6.07, 6.45) is 6.97. The summed E-state index contributed by atoms with van der Waals surface area (Å²) in [6.45, 7) is 0.839. The Kier molecular flexibility index (Phi) is 3.22. The molecular weight excluding hydrogens is 370 g/mol. The van der Waals surface area contributed by atoms with Gasteiger partial charge < -0.3 is 14.8 Å². The number of alkyl halides is 1. The summed E-state index contributed by atoms with van der Waals surface area (Å²) in [7, 11) is 0. The van der Waals surface area contributed by atoms with E-state index in [9.17, 15) is 4.79 Å². The molecule has 2 unspecified atom stereocenters. The number of fused-ring (bicyclic) bond motifs is 1. The molecular formula is C19H22BrNO3. The van der Waals surface area contributed by atoms with Crippen LogP contribution in [0.1, 0.15) is 44.1 Å². The Morgan fingerprint density at radius 3 is 2.67 bits per heavy atom. The normalized spacial score (nSPS) is 38.4. The van der Waals surface area contributed by atoms with Crippen LogP contribution < -0.4 is 14.8 Å². The van der Waals surface area contributed by atoms with E-state index in [-0.39, 0.29) is 22.4 Å². The molecule has 2 atom stereocenters. The lowest BCUT2D eigenvalue weighted by atomic mass is 9.49. The molecule has 4 fully saturated rings. The van der Waals surface area contributed by atoms with Crippen molar-refractivity contribution in [1.82, 2.24) is 5.32 Å². The van der Waals surface area contributed by atoms with Crippen molar-refractivity contribution < 1.29 is 14.3 Å². The van der Waals surface area contributed by atoms with Crippen LogP contribution in [0, 0.1) is 17.3 Å². The molecule has 4 saturated carbocycles. The van der Waals surface area contributed by atoms with Crippen LogP contribution in [0.5, 0.6) is 11.5 Å². The number of carbonyl (C=O) groups excluding carboxylic acids is 1. The van der Waals surface area contributed by atoms with Gasteiger partial charge in [0.1, 0.15) is 0 Å². The van der Waals surface area contributed by atoms with Gasteiger partial charge in [0.2, 0.25) is 12.7 Å². The van der Waals surface area contributed by atoms with E-state index in [2.05, 4.69) is 21.2 Å². The number of halogens is 1. The van der Waals surface area contributed by atoms with Crippen LogP contribution in [-0.4, -0.2) is 17.0 Å². The lowest BCUT2D eigenvalue weighted by Crippen LogP contribution is -2.58. The van der Waals surface area contributed by atoms with E-state index in [0.29, 0.717) is 6.54 Å². The second-order valence-electron chi connectivity index (χ2n) is 8.26. The van der Waals surface area contributed by atoms with Crippen LogP contribution >= 0.6 is 15.9 Å². The number of rotatable bonds is 3. The van der Waals surface area contributed by atoms with Crippen molar-refractivity contribution in [2.75, 3.05) is 6.79 Å². The number of amides is 1. The Morgan fingerprint density at radius 1 is 1.17 bits per heavy atom. The Morgan fingerprint density at radius 2 is 1.92 bits per heavy atom. The summed E-state index contributed by atoms with van der Waals surface area (Å²) >= 11 is 3.98. The largest absolute Gasteiger partial charge is 0.454 e.